The Morgan fingerprint density at radius 3 is 2.67 bits per heavy atom. The Hall–Kier alpha value is -1.01. The van der Waals surface area contributed by atoms with E-state index in [1.807, 2.05) is 30.3 Å². The van der Waals surface area contributed by atoms with Gasteiger partial charge in [-0.05, 0) is 18.6 Å². The first-order valence-corrected chi connectivity index (χ1v) is 8.59. The fourth-order valence-electron chi connectivity index (χ4n) is 1.80. The van der Waals surface area contributed by atoms with Crippen LogP contribution in [0.5, 0.6) is 0 Å². The molecule has 1 aliphatic heterocycles. The molecule has 0 saturated carbocycles. The average molecular weight is 285 g/mol. The van der Waals surface area contributed by atoms with Crippen molar-refractivity contribution in [3.05, 3.63) is 30.3 Å². The van der Waals surface area contributed by atoms with E-state index in [2.05, 4.69) is 5.32 Å². The van der Waals surface area contributed by atoms with Crippen molar-refractivity contribution in [2.24, 2.45) is 0 Å². The lowest BCUT2D eigenvalue weighted by Crippen LogP contribution is -2.17. The van der Waals surface area contributed by atoms with E-state index in [0.717, 1.165) is 5.69 Å². The van der Waals surface area contributed by atoms with Crippen LogP contribution in [-0.4, -0.2) is 36.8 Å². The average Bonchev–Trinajstić information content (AvgIpc) is 2.68. The zero-order valence-corrected chi connectivity index (χ0v) is 11.5. The summed E-state index contributed by atoms with van der Waals surface area (Å²) in [6, 6.07) is 9.23. The van der Waals surface area contributed by atoms with Crippen LogP contribution in [0.1, 0.15) is 6.42 Å². The SMILES string of the molecule is O=C(CS[C@@H]1CCS(=O)(=O)C1)Nc1ccccc1. The van der Waals surface area contributed by atoms with Gasteiger partial charge in [0.15, 0.2) is 9.84 Å². The maximum atomic E-state index is 11.6. The molecule has 1 aliphatic rings. The Labute approximate surface area is 111 Å². The van der Waals surface area contributed by atoms with Gasteiger partial charge >= 0.3 is 0 Å². The molecule has 1 fully saturated rings. The number of benzene rings is 1. The van der Waals surface area contributed by atoms with Gasteiger partial charge in [-0.15, -0.1) is 11.8 Å². The minimum Gasteiger partial charge on any atom is -0.325 e. The molecule has 1 aromatic rings. The van der Waals surface area contributed by atoms with E-state index in [0.29, 0.717) is 12.2 Å². The van der Waals surface area contributed by atoms with E-state index in [1.165, 1.54) is 11.8 Å². The zero-order valence-electron chi connectivity index (χ0n) is 9.83. The predicted molar refractivity (Wildman–Crippen MR) is 74.6 cm³/mol. The monoisotopic (exact) mass is 285 g/mol. The lowest BCUT2D eigenvalue weighted by Gasteiger charge is -2.08. The third kappa shape index (κ3) is 4.03. The number of nitrogens with one attached hydrogen (secondary N) is 1. The molecule has 6 heteroatoms. The Morgan fingerprint density at radius 2 is 2.06 bits per heavy atom. The summed E-state index contributed by atoms with van der Waals surface area (Å²) in [5.74, 6) is 0.673. The number of hydrogen-bond acceptors (Lipinski definition) is 4. The van der Waals surface area contributed by atoms with Gasteiger partial charge in [0.2, 0.25) is 5.91 Å². The number of thioether (sulfide) groups is 1. The van der Waals surface area contributed by atoms with Gasteiger partial charge in [-0.3, -0.25) is 4.79 Å². The lowest BCUT2D eigenvalue weighted by molar-refractivity contribution is -0.113. The molecule has 0 unspecified atom stereocenters. The van der Waals surface area contributed by atoms with Crippen molar-refractivity contribution in [2.45, 2.75) is 11.7 Å². The van der Waals surface area contributed by atoms with E-state index in [1.54, 1.807) is 0 Å². The molecule has 98 valence electrons. The topological polar surface area (TPSA) is 63.2 Å². The number of carbonyl (C=O) groups excluding carboxylic acids is 1. The third-order valence-corrected chi connectivity index (χ3v) is 5.98. The summed E-state index contributed by atoms with van der Waals surface area (Å²) in [6.07, 6.45) is 0.658. The molecule has 1 atom stereocenters. The van der Waals surface area contributed by atoms with Crippen molar-refractivity contribution >= 4 is 33.2 Å². The Morgan fingerprint density at radius 1 is 1.33 bits per heavy atom. The first-order chi connectivity index (χ1) is 8.55. The molecule has 18 heavy (non-hydrogen) atoms. The minimum absolute atomic E-state index is 0.0662. The van der Waals surface area contributed by atoms with E-state index >= 15 is 0 Å². The maximum Gasteiger partial charge on any atom is 0.234 e. The Balaban J connectivity index is 1.76. The number of para-hydroxylation sites is 1. The van der Waals surface area contributed by atoms with Gasteiger partial charge in [0.1, 0.15) is 0 Å². The van der Waals surface area contributed by atoms with E-state index in [4.69, 9.17) is 0 Å². The highest BCUT2D eigenvalue weighted by Gasteiger charge is 2.28. The van der Waals surface area contributed by atoms with Crippen LogP contribution in [0.15, 0.2) is 30.3 Å². The second-order valence-corrected chi connectivity index (χ2v) is 7.77. The molecule has 0 aliphatic carbocycles. The molecule has 2 rings (SSSR count). The third-order valence-electron chi connectivity index (χ3n) is 2.70. The van der Waals surface area contributed by atoms with Gasteiger partial charge in [0.05, 0.1) is 17.3 Å². The quantitative estimate of drug-likeness (QED) is 0.911. The molecule has 1 saturated heterocycles. The fraction of sp³-hybridized carbons (Fsp3) is 0.417. The summed E-state index contributed by atoms with van der Waals surface area (Å²) in [7, 11) is -2.85. The summed E-state index contributed by atoms with van der Waals surface area (Å²) in [4.78, 5) is 11.6. The number of rotatable bonds is 4. The second kappa shape index (κ2) is 5.75. The molecule has 1 amide bonds. The van der Waals surface area contributed by atoms with Crippen LogP contribution in [0.4, 0.5) is 5.69 Å². The highest BCUT2D eigenvalue weighted by atomic mass is 32.2. The molecule has 1 heterocycles. The van der Waals surface area contributed by atoms with Gasteiger partial charge in [-0.25, -0.2) is 8.42 Å². The summed E-state index contributed by atoms with van der Waals surface area (Å²) in [5.41, 5.74) is 0.766. The highest BCUT2D eigenvalue weighted by molar-refractivity contribution is 8.02. The summed E-state index contributed by atoms with van der Waals surface area (Å²) in [5, 5.41) is 2.84. The molecule has 4 nitrogen and oxygen atoms in total. The predicted octanol–water partition coefficient (Wildman–Crippen LogP) is 1.55. The van der Waals surface area contributed by atoms with E-state index in [-0.39, 0.29) is 22.7 Å². The Kier molecular flexibility index (Phi) is 4.29. The van der Waals surface area contributed by atoms with Crippen molar-refractivity contribution in [1.29, 1.82) is 0 Å². The van der Waals surface area contributed by atoms with Crippen LogP contribution in [0.3, 0.4) is 0 Å². The number of carbonyl (C=O) groups is 1. The van der Waals surface area contributed by atoms with Crippen LogP contribution in [0, 0.1) is 0 Å². The number of anilines is 1. The smallest absolute Gasteiger partial charge is 0.234 e. The molecule has 1 aromatic carbocycles. The molecular formula is C12H15NO3S2. The van der Waals surface area contributed by atoms with Gasteiger partial charge < -0.3 is 5.32 Å². The molecule has 0 radical (unpaired) electrons. The first-order valence-electron chi connectivity index (χ1n) is 5.72. The lowest BCUT2D eigenvalue weighted by atomic mass is 10.3. The van der Waals surface area contributed by atoms with Gasteiger partial charge in [0, 0.05) is 10.9 Å². The van der Waals surface area contributed by atoms with Crippen LogP contribution in [0.25, 0.3) is 0 Å². The van der Waals surface area contributed by atoms with Gasteiger partial charge in [0.25, 0.3) is 0 Å². The van der Waals surface area contributed by atoms with Crippen molar-refractivity contribution in [1.82, 2.24) is 0 Å². The Bertz CT molecular complexity index is 513. The highest BCUT2D eigenvalue weighted by Crippen LogP contribution is 2.24. The van der Waals surface area contributed by atoms with E-state index < -0.39 is 9.84 Å². The van der Waals surface area contributed by atoms with Crippen LogP contribution in [-0.2, 0) is 14.6 Å². The molecule has 0 aromatic heterocycles. The molecule has 0 spiro atoms. The number of amides is 1. The van der Waals surface area contributed by atoms with E-state index in [9.17, 15) is 13.2 Å². The van der Waals surface area contributed by atoms with Crippen molar-refractivity contribution in [2.75, 3.05) is 22.6 Å². The normalized spacial score (nSPS) is 21.7. The zero-order chi connectivity index (χ0) is 13.0. The largest absolute Gasteiger partial charge is 0.325 e. The van der Waals surface area contributed by atoms with Gasteiger partial charge in [-0.1, -0.05) is 18.2 Å². The first kappa shape index (κ1) is 13.4. The molecule has 0 bridgehead atoms. The minimum atomic E-state index is -2.85. The van der Waals surface area contributed by atoms with Crippen LogP contribution >= 0.6 is 11.8 Å². The van der Waals surface area contributed by atoms with Crippen LogP contribution in [0.2, 0.25) is 0 Å². The summed E-state index contributed by atoms with van der Waals surface area (Å²) < 4.78 is 22.5. The standard InChI is InChI=1S/C12H15NO3S2/c14-12(13-10-4-2-1-3-5-10)8-17-11-6-7-18(15,16)9-11/h1-5,11H,6-9H2,(H,13,14)/t11-/m1/s1. The van der Waals surface area contributed by atoms with Crippen molar-refractivity contribution in [3.63, 3.8) is 0 Å². The molecular weight excluding hydrogens is 270 g/mol. The summed E-state index contributed by atoms with van der Waals surface area (Å²) >= 11 is 1.42. The van der Waals surface area contributed by atoms with Crippen molar-refractivity contribution < 1.29 is 13.2 Å². The van der Waals surface area contributed by atoms with Crippen LogP contribution < -0.4 is 5.32 Å². The summed E-state index contributed by atoms with van der Waals surface area (Å²) in [6.45, 7) is 0. The van der Waals surface area contributed by atoms with Gasteiger partial charge in [-0.2, -0.15) is 0 Å². The van der Waals surface area contributed by atoms with Crippen molar-refractivity contribution in [3.8, 4) is 0 Å². The number of sulfone groups is 1. The number of hydrogen-bond donors (Lipinski definition) is 1. The fourth-order valence-corrected chi connectivity index (χ4v) is 5.25. The second-order valence-electron chi connectivity index (χ2n) is 4.25. The maximum absolute atomic E-state index is 11.6. The molecule has 1 N–H and O–H groups in total.